The normalized spacial score (nSPS) is 17.2. The summed E-state index contributed by atoms with van der Waals surface area (Å²) in [5, 5.41) is 13.9. The van der Waals surface area contributed by atoms with Gasteiger partial charge in [0.25, 0.3) is 0 Å². The minimum atomic E-state index is -1.04. The molecule has 0 heterocycles. The molecule has 0 radical (unpaired) electrons. The van der Waals surface area contributed by atoms with Crippen LogP contribution in [0.4, 0.5) is 0 Å². The average Bonchev–Trinajstić information content (AvgIpc) is 2.45. The zero-order valence-electron chi connectivity index (χ0n) is 12.0. The Morgan fingerprint density at radius 1 is 1.20 bits per heavy atom. The third-order valence-corrected chi connectivity index (χ3v) is 3.61. The van der Waals surface area contributed by atoms with E-state index in [2.05, 4.69) is 10.6 Å². The van der Waals surface area contributed by atoms with Crippen LogP contribution in [-0.2, 0) is 14.4 Å². The molecule has 6 heteroatoms. The van der Waals surface area contributed by atoms with Crippen molar-refractivity contribution in [2.75, 3.05) is 6.54 Å². The highest BCUT2D eigenvalue weighted by atomic mass is 16.4. The lowest BCUT2D eigenvalue weighted by Gasteiger charge is -2.21. The lowest BCUT2D eigenvalue weighted by Crippen LogP contribution is -2.46. The van der Waals surface area contributed by atoms with Gasteiger partial charge in [0.15, 0.2) is 0 Å². The topological polar surface area (TPSA) is 95.5 Å². The van der Waals surface area contributed by atoms with E-state index in [4.69, 9.17) is 5.11 Å². The van der Waals surface area contributed by atoms with E-state index in [1.807, 2.05) is 6.92 Å². The highest BCUT2D eigenvalue weighted by Gasteiger charge is 2.22. The Labute approximate surface area is 119 Å². The molecule has 1 saturated carbocycles. The summed E-state index contributed by atoms with van der Waals surface area (Å²) in [5.41, 5.74) is 0. The molecule has 6 nitrogen and oxygen atoms in total. The Morgan fingerprint density at radius 3 is 2.40 bits per heavy atom. The SMILES string of the molecule is CCCC(NC(=O)CNC(=O)C1CCCCC1)C(=O)O. The maximum absolute atomic E-state index is 11.8. The lowest BCUT2D eigenvalue weighted by molar-refractivity contribution is -0.142. The van der Waals surface area contributed by atoms with Gasteiger partial charge in [0.05, 0.1) is 6.54 Å². The number of aliphatic carboxylic acids is 1. The highest BCUT2D eigenvalue weighted by molar-refractivity contribution is 5.88. The first-order chi connectivity index (χ1) is 9.54. The van der Waals surface area contributed by atoms with Gasteiger partial charge >= 0.3 is 5.97 Å². The van der Waals surface area contributed by atoms with E-state index in [9.17, 15) is 14.4 Å². The van der Waals surface area contributed by atoms with Gasteiger partial charge < -0.3 is 15.7 Å². The van der Waals surface area contributed by atoms with E-state index in [1.54, 1.807) is 0 Å². The van der Waals surface area contributed by atoms with Crippen LogP contribution in [0.1, 0.15) is 51.9 Å². The van der Waals surface area contributed by atoms with Crippen molar-refractivity contribution >= 4 is 17.8 Å². The summed E-state index contributed by atoms with van der Waals surface area (Å²) in [7, 11) is 0. The summed E-state index contributed by atoms with van der Waals surface area (Å²) in [6.45, 7) is 1.70. The summed E-state index contributed by atoms with van der Waals surface area (Å²) in [6, 6.07) is -0.876. The van der Waals surface area contributed by atoms with Crippen molar-refractivity contribution in [3.63, 3.8) is 0 Å². The fraction of sp³-hybridized carbons (Fsp3) is 0.786. The van der Waals surface area contributed by atoms with Crippen LogP contribution in [0.3, 0.4) is 0 Å². The third kappa shape index (κ3) is 5.59. The molecule has 1 rings (SSSR count). The van der Waals surface area contributed by atoms with E-state index in [0.717, 1.165) is 25.7 Å². The predicted octanol–water partition coefficient (Wildman–Crippen LogP) is 1.05. The maximum atomic E-state index is 11.8. The number of amides is 2. The average molecular weight is 284 g/mol. The van der Waals surface area contributed by atoms with Crippen LogP contribution in [0, 0.1) is 5.92 Å². The second kappa shape index (κ2) is 8.55. The molecule has 1 unspecified atom stereocenters. The third-order valence-electron chi connectivity index (χ3n) is 3.61. The van der Waals surface area contributed by atoms with Crippen molar-refractivity contribution < 1.29 is 19.5 Å². The van der Waals surface area contributed by atoms with Gasteiger partial charge in [-0.2, -0.15) is 0 Å². The summed E-state index contributed by atoms with van der Waals surface area (Å²) in [4.78, 5) is 34.4. The number of rotatable bonds is 7. The van der Waals surface area contributed by atoms with Crippen molar-refractivity contribution in [1.82, 2.24) is 10.6 Å². The number of carbonyl (C=O) groups is 3. The number of nitrogens with one attached hydrogen (secondary N) is 2. The van der Waals surface area contributed by atoms with E-state index < -0.39 is 17.9 Å². The van der Waals surface area contributed by atoms with Gasteiger partial charge in [-0.3, -0.25) is 9.59 Å². The Bertz CT molecular complexity index is 351. The highest BCUT2D eigenvalue weighted by Crippen LogP contribution is 2.23. The standard InChI is InChI=1S/C14H24N2O4/c1-2-6-11(14(19)20)16-12(17)9-15-13(18)10-7-4-3-5-8-10/h10-11H,2-9H2,1H3,(H,15,18)(H,16,17)(H,19,20). The van der Waals surface area contributed by atoms with Crippen molar-refractivity contribution in [3.8, 4) is 0 Å². The quantitative estimate of drug-likeness (QED) is 0.651. The van der Waals surface area contributed by atoms with Gasteiger partial charge in [-0.25, -0.2) is 4.79 Å². The zero-order valence-corrected chi connectivity index (χ0v) is 12.0. The monoisotopic (exact) mass is 284 g/mol. The molecule has 0 aromatic heterocycles. The van der Waals surface area contributed by atoms with Gasteiger partial charge in [-0.1, -0.05) is 32.6 Å². The zero-order chi connectivity index (χ0) is 15.0. The van der Waals surface area contributed by atoms with Gasteiger partial charge in [-0.15, -0.1) is 0 Å². The molecule has 0 aromatic rings. The molecule has 0 spiro atoms. The number of carboxylic acids is 1. The Hall–Kier alpha value is -1.59. The molecule has 1 fully saturated rings. The number of carbonyl (C=O) groups excluding carboxylic acids is 2. The van der Waals surface area contributed by atoms with Crippen LogP contribution in [0.2, 0.25) is 0 Å². The van der Waals surface area contributed by atoms with Crippen LogP contribution in [0.25, 0.3) is 0 Å². The van der Waals surface area contributed by atoms with Crippen LogP contribution in [0.5, 0.6) is 0 Å². The van der Waals surface area contributed by atoms with Crippen molar-refractivity contribution in [1.29, 1.82) is 0 Å². The Kier molecular flexibility index (Phi) is 7.04. The molecule has 0 aromatic carbocycles. The largest absolute Gasteiger partial charge is 0.480 e. The van der Waals surface area contributed by atoms with E-state index in [0.29, 0.717) is 12.8 Å². The lowest BCUT2D eigenvalue weighted by atomic mass is 9.89. The maximum Gasteiger partial charge on any atom is 0.326 e. The molecule has 1 aliphatic rings. The number of hydrogen-bond acceptors (Lipinski definition) is 3. The molecule has 1 atom stereocenters. The summed E-state index contributed by atoms with van der Waals surface area (Å²) in [5.74, 6) is -1.58. The fourth-order valence-corrected chi connectivity index (χ4v) is 2.47. The van der Waals surface area contributed by atoms with E-state index in [1.165, 1.54) is 6.42 Å². The molecule has 1 aliphatic carbocycles. The van der Waals surface area contributed by atoms with Crippen LogP contribution in [0.15, 0.2) is 0 Å². The second-order valence-corrected chi connectivity index (χ2v) is 5.30. The first-order valence-corrected chi connectivity index (χ1v) is 7.34. The minimum Gasteiger partial charge on any atom is -0.480 e. The molecule has 0 saturated heterocycles. The first kappa shape index (κ1) is 16.5. The van der Waals surface area contributed by atoms with Gasteiger partial charge in [0.2, 0.25) is 11.8 Å². The summed E-state index contributed by atoms with van der Waals surface area (Å²) < 4.78 is 0. The van der Waals surface area contributed by atoms with Crippen LogP contribution >= 0.6 is 0 Å². The summed E-state index contributed by atoms with van der Waals surface area (Å²) in [6.07, 6.45) is 6.09. The van der Waals surface area contributed by atoms with Gasteiger partial charge in [-0.05, 0) is 19.3 Å². The van der Waals surface area contributed by atoms with Crippen LogP contribution < -0.4 is 10.6 Å². The molecule has 0 aliphatic heterocycles. The van der Waals surface area contributed by atoms with Crippen molar-refractivity contribution in [2.24, 2.45) is 5.92 Å². The molecular formula is C14H24N2O4. The van der Waals surface area contributed by atoms with Gasteiger partial charge in [0, 0.05) is 5.92 Å². The second-order valence-electron chi connectivity index (χ2n) is 5.30. The Morgan fingerprint density at radius 2 is 1.85 bits per heavy atom. The van der Waals surface area contributed by atoms with Crippen molar-refractivity contribution in [3.05, 3.63) is 0 Å². The molecule has 20 heavy (non-hydrogen) atoms. The fourth-order valence-electron chi connectivity index (χ4n) is 2.47. The smallest absolute Gasteiger partial charge is 0.326 e. The molecular weight excluding hydrogens is 260 g/mol. The number of carboxylic acid groups (broad SMARTS) is 1. The van der Waals surface area contributed by atoms with Crippen LogP contribution in [-0.4, -0.2) is 35.5 Å². The molecule has 2 amide bonds. The van der Waals surface area contributed by atoms with Gasteiger partial charge in [0.1, 0.15) is 6.04 Å². The molecule has 114 valence electrons. The van der Waals surface area contributed by atoms with E-state index >= 15 is 0 Å². The predicted molar refractivity (Wildman–Crippen MR) is 74.1 cm³/mol. The van der Waals surface area contributed by atoms with Crippen molar-refractivity contribution in [2.45, 2.75) is 57.9 Å². The minimum absolute atomic E-state index is 0.00228. The summed E-state index contributed by atoms with van der Waals surface area (Å²) >= 11 is 0. The van der Waals surface area contributed by atoms with E-state index in [-0.39, 0.29) is 18.4 Å². The Balaban J connectivity index is 2.30. The molecule has 0 bridgehead atoms. The first-order valence-electron chi connectivity index (χ1n) is 7.34. The number of hydrogen-bond donors (Lipinski definition) is 3. The molecule has 3 N–H and O–H groups in total.